The molecule has 1 aromatic heterocycles. The molecule has 0 spiro atoms. The first-order chi connectivity index (χ1) is 10.1. The average Bonchev–Trinajstić information content (AvgIpc) is 3.29. The summed E-state index contributed by atoms with van der Waals surface area (Å²) in [6.45, 7) is 1.79. The molecule has 1 saturated carbocycles. The molecule has 1 aliphatic carbocycles. The summed E-state index contributed by atoms with van der Waals surface area (Å²) in [6, 6.07) is 14.5. The van der Waals surface area contributed by atoms with Gasteiger partial charge in [0.2, 0.25) is 0 Å². The third kappa shape index (κ3) is 2.81. The molecule has 1 aliphatic rings. The highest BCUT2D eigenvalue weighted by molar-refractivity contribution is 5.60. The second kappa shape index (κ2) is 5.31. The van der Waals surface area contributed by atoms with Crippen LogP contribution in [0, 0.1) is 11.3 Å². The van der Waals surface area contributed by atoms with Gasteiger partial charge in [0.1, 0.15) is 0 Å². The number of hydrogen-bond donors (Lipinski definition) is 1. The number of aliphatic hydroxyl groups is 1. The minimum absolute atomic E-state index is 0.271. The SMILES string of the molecule is CC(O)Cc1ccc(-c2ccc(C3(C#N)CC3)cn2)cc1. The first kappa shape index (κ1) is 13.8. The van der Waals surface area contributed by atoms with Crippen LogP contribution >= 0.6 is 0 Å². The van der Waals surface area contributed by atoms with Crippen molar-refractivity contribution >= 4 is 0 Å². The molecular weight excluding hydrogens is 260 g/mol. The maximum absolute atomic E-state index is 9.39. The van der Waals surface area contributed by atoms with E-state index in [2.05, 4.69) is 11.1 Å². The van der Waals surface area contributed by atoms with E-state index in [-0.39, 0.29) is 11.5 Å². The first-order valence-corrected chi connectivity index (χ1v) is 7.28. The number of hydrogen-bond acceptors (Lipinski definition) is 3. The lowest BCUT2D eigenvalue weighted by Crippen LogP contribution is -2.04. The summed E-state index contributed by atoms with van der Waals surface area (Å²) in [6.07, 6.45) is 4.05. The Morgan fingerprint density at radius 3 is 2.43 bits per heavy atom. The molecule has 0 aliphatic heterocycles. The summed E-state index contributed by atoms with van der Waals surface area (Å²) in [5.74, 6) is 0. The van der Waals surface area contributed by atoms with E-state index in [0.29, 0.717) is 6.42 Å². The Kier molecular flexibility index (Phi) is 3.48. The molecule has 1 aromatic carbocycles. The largest absolute Gasteiger partial charge is 0.393 e. The van der Waals surface area contributed by atoms with Gasteiger partial charge in [-0.25, -0.2) is 0 Å². The van der Waals surface area contributed by atoms with E-state index in [4.69, 9.17) is 0 Å². The smallest absolute Gasteiger partial charge is 0.0838 e. The molecule has 1 heterocycles. The third-order valence-electron chi connectivity index (χ3n) is 4.06. The Morgan fingerprint density at radius 1 is 1.24 bits per heavy atom. The predicted octanol–water partition coefficient (Wildman–Crippen LogP) is 3.23. The van der Waals surface area contributed by atoms with Crippen LogP contribution in [0.15, 0.2) is 42.6 Å². The maximum Gasteiger partial charge on any atom is 0.0838 e. The summed E-state index contributed by atoms with van der Waals surface area (Å²) in [4.78, 5) is 4.49. The Morgan fingerprint density at radius 2 is 1.95 bits per heavy atom. The van der Waals surface area contributed by atoms with E-state index in [1.165, 1.54) is 0 Å². The Bertz CT molecular complexity index is 662. The van der Waals surface area contributed by atoms with Crippen LogP contribution in [0.2, 0.25) is 0 Å². The van der Waals surface area contributed by atoms with Gasteiger partial charge in [-0.3, -0.25) is 4.98 Å². The quantitative estimate of drug-likeness (QED) is 0.934. The van der Waals surface area contributed by atoms with Crippen LogP contribution in [0.5, 0.6) is 0 Å². The van der Waals surface area contributed by atoms with Crippen LogP contribution in [-0.4, -0.2) is 16.2 Å². The molecule has 1 fully saturated rings. The van der Waals surface area contributed by atoms with Gasteiger partial charge in [-0.1, -0.05) is 30.3 Å². The monoisotopic (exact) mass is 278 g/mol. The number of nitriles is 1. The molecule has 21 heavy (non-hydrogen) atoms. The Labute approximate surface area is 124 Å². The molecule has 0 saturated heterocycles. The van der Waals surface area contributed by atoms with Crippen LogP contribution in [0.4, 0.5) is 0 Å². The first-order valence-electron chi connectivity index (χ1n) is 7.28. The molecule has 0 amide bonds. The summed E-state index contributed by atoms with van der Waals surface area (Å²) in [5, 5.41) is 18.6. The van der Waals surface area contributed by atoms with Gasteiger partial charge in [0, 0.05) is 11.8 Å². The molecule has 106 valence electrons. The summed E-state index contributed by atoms with van der Waals surface area (Å²) >= 11 is 0. The molecule has 1 unspecified atom stereocenters. The number of nitrogens with zero attached hydrogens (tertiary/aromatic N) is 2. The van der Waals surface area contributed by atoms with Crippen LogP contribution in [-0.2, 0) is 11.8 Å². The topological polar surface area (TPSA) is 56.9 Å². The second-order valence-electron chi connectivity index (χ2n) is 5.88. The minimum Gasteiger partial charge on any atom is -0.393 e. The Balaban J connectivity index is 1.80. The van der Waals surface area contributed by atoms with Gasteiger partial charge in [-0.2, -0.15) is 5.26 Å². The fourth-order valence-corrected chi connectivity index (χ4v) is 2.59. The van der Waals surface area contributed by atoms with Gasteiger partial charge >= 0.3 is 0 Å². The average molecular weight is 278 g/mol. The Hall–Kier alpha value is -2.18. The van der Waals surface area contributed by atoms with E-state index in [0.717, 1.165) is 35.2 Å². The lowest BCUT2D eigenvalue weighted by molar-refractivity contribution is 0.195. The zero-order valence-corrected chi connectivity index (χ0v) is 12.1. The number of rotatable bonds is 4. The number of pyridine rings is 1. The normalized spacial score (nSPS) is 17.0. The minimum atomic E-state index is -0.325. The van der Waals surface area contributed by atoms with Crippen LogP contribution in [0.25, 0.3) is 11.3 Å². The standard InChI is InChI=1S/C18H18N2O/c1-13(21)10-14-2-4-15(5-3-14)17-7-6-16(11-20-17)18(12-19)8-9-18/h2-7,11,13,21H,8-10H2,1H3. The van der Waals surface area contributed by atoms with Crippen molar-refractivity contribution in [3.8, 4) is 17.3 Å². The summed E-state index contributed by atoms with van der Waals surface area (Å²) in [5.41, 5.74) is 3.84. The molecule has 1 atom stereocenters. The third-order valence-corrected chi connectivity index (χ3v) is 4.06. The van der Waals surface area contributed by atoms with Gasteiger partial charge in [0.05, 0.1) is 23.3 Å². The van der Waals surface area contributed by atoms with Crippen molar-refractivity contribution in [2.45, 2.75) is 37.7 Å². The number of aliphatic hydroxyl groups excluding tert-OH is 1. The summed E-state index contributed by atoms with van der Waals surface area (Å²) in [7, 11) is 0. The van der Waals surface area contributed by atoms with Crippen molar-refractivity contribution in [3.05, 3.63) is 53.7 Å². The van der Waals surface area contributed by atoms with Crippen LogP contribution < -0.4 is 0 Å². The molecular formula is C18H18N2O. The van der Waals surface area contributed by atoms with Crippen molar-refractivity contribution in [3.63, 3.8) is 0 Å². The lowest BCUT2D eigenvalue weighted by Gasteiger charge is -2.08. The van der Waals surface area contributed by atoms with Crippen molar-refractivity contribution in [1.82, 2.24) is 4.98 Å². The van der Waals surface area contributed by atoms with Crippen molar-refractivity contribution < 1.29 is 5.11 Å². The number of benzene rings is 1. The van der Waals surface area contributed by atoms with Gasteiger partial charge < -0.3 is 5.11 Å². The number of aromatic nitrogens is 1. The molecule has 0 bridgehead atoms. The van der Waals surface area contributed by atoms with Gasteiger partial charge in [-0.15, -0.1) is 0 Å². The zero-order valence-electron chi connectivity index (χ0n) is 12.1. The fourth-order valence-electron chi connectivity index (χ4n) is 2.59. The molecule has 2 aromatic rings. The maximum atomic E-state index is 9.39. The molecule has 0 radical (unpaired) electrons. The highest BCUT2D eigenvalue weighted by atomic mass is 16.3. The lowest BCUT2D eigenvalue weighted by atomic mass is 9.98. The summed E-state index contributed by atoms with van der Waals surface area (Å²) < 4.78 is 0. The second-order valence-corrected chi connectivity index (χ2v) is 5.88. The molecule has 3 nitrogen and oxygen atoms in total. The van der Waals surface area contributed by atoms with Crippen LogP contribution in [0.3, 0.4) is 0 Å². The van der Waals surface area contributed by atoms with E-state index in [9.17, 15) is 10.4 Å². The van der Waals surface area contributed by atoms with E-state index < -0.39 is 0 Å². The molecule has 1 N–H and O–H groups in total. The van der Waals surface area contributed by atoms with Gasteiger partial charge in [0.25, 0.3) is 0 Å². The fraction of sp³-hybridized carbons (Fsp3) is 0.333. The van der Waals surface area contributed by atoms with Gasteiger partial charge in [0.15, 0.2) is 0 Å². The highest BCUT2D eigenvalue weighted by Crippen LogP contribution is 2.47. The van der Waals surface area contributed by atoms with Crippen LogP contribution in [0.1, 0.15) is 30.9 Å². The van der Waals surface area contributed by atoms with Gasteiger partial charge in [-0.05, 0) is 43.4 Å². The van der Waals surface area contributed by atoms with E-state index >= 15 is 0 Å². The van der Waals surface area contributed by atoms with Crippen molar-refractivity contribution in [2.75, 3.05) is 0 Å². The predicted molar refractivity (Wildman–Crippen MR) is 81.6 cm³/mol. The zero-order chi connectivity index (χ0) is 14.9. The van der Waals surface area contributed by atoms with E-state index in [1.54, 1.807) is 6.92 Å². The molecule has 3 rings (SSSR count). The molecule has 3 heteroatoms. The van der Waals surface area contributed by atoms with Crippen molar-refractivity contribution in [1.29, 1.82) is 5.26 Å². The highest BCUT2D eigenvalue weighted by Gasteiger charge is 2.45. The van der Waals surface area contributed by atoms with Crippen molar-refractivity contribution in [2.24, 2.45) is 0 Å². The van der Waals surface area contributed by atoms with E-state index in [1.807, 2.05) is 42.6 Å².